The number of hydrogen-bond acceptors (Lipinski definition) is 7. The summed E-state index contributed by atoms with van der Waals surface area (Å²) in [5, 5.41) is 5.76. The quantitative estimate of drug-likeness (QED) is 0.263. The topological polar surface area (TPSA) is 115 Å². The number of amides is 3. The van der Waals surface area contributed by atoms with Gasteiger partial charge in [-0.2, -0.15) is 0 Å². The van der Waals surface area contributed by atoms with Crippen LogP contribution >= 0.6 is 15.9 Å². The minimum atomic E-state index is -0.743. The molecule has 0 bridgehead atoms. The largest absolute Gasteiger partial charge is 0.490 e. The fourth-order valence-electron chi connectivity index (χ4n) is 5.83. The molecule has 0 saturated carbocycles. The number of anilines is 1. The van der Waals surface area contributed by atoms with Crippen LogP contribution in [0.25, 0.3) is 0 Å². The molecule has 2 aromatic carbocycles. The van der Waals surface area contributed by atoms with E-state index in [9.17, 15) is 14.4 Å². The molecule has 0 aliphatic carbocycles. The van der Waals surface area contributed by atoms with Gasteiger partial charge < -0.3 is 34.3 Å². The molecule has 266 valence electrons. The number of hydrogen-bond donors (Lipinski definition) is 2. The standard InChI is InChI=1S/C37H51BBrN3O7/c1-24(37(10)36(8,9)48-38(49-37)27-18-21-42(22-19-27)33(45)47-35(5,6)7)29-23-26(13-16-30(29)39)31(43)41-28-14-11-25(12-15-28)17-20-40-32(44)46-34(2,3)4/h11-16,18,23-24H,17,19-22H2,1-10H3,(H,40,44)(H,41,43). The Morgan fingerprint density at radius 2 is 1.63 bits per heavy atom. The van der Waals surface area contributed by atoms with Crippen LogP contribution < -0.4 is 10.6 Å². The Balaban J connectivity index is 1.40. The fraction of sp³-hybridized carbons (Fsp3) is 0.541. The fourth-order valence-corrected chi connectivity index (χ4v) is 6.42. The van der Waals surface area contributed by atoms with Gasteiger partial charge in [0.25, 0.3) is 5.91 Å². The summed E-state index contributed by atoms with van der Waals surface area (Å²) in [5.41, 5.74) is 1.63. The normalized spacial score (nSPS) is 19.9. The van der Waals surface area contributed by atoms with E-state index in [2.05, 4.69) is 40.4 Å². The van der Waals surface area contributed by atoms with Gasteiger partial charge in [-0.25, -0.2) is 9.59 Å². The molecule has 2 aliphatic rings. The maximum Gasteiger partial charge on any atom is 0.490 e. The number of ether oxygens (including phenoxy) is 2. The highest BCUT2D eigenvalue weighted by molar-refractivity contribution is 9.10. The molecule has 2 unspecified atom stereocenters. The van der Waals surface area contributed by atoms with Crippen LogP contribution in [-0.2, 0) is 25.2 Å². The van der Waals surface area contributed by atoms with Crippen LogP contribution in [0.2, 0.25) is 0 Å². The molecule has 2 heterocycles. The molecule has 1 fully saturated rings. The van der Waals surface area contributed by atoms with Crippen molar-refractivity contribution < 1.29 is 33.2 Å². The zero-order valence-electron chi connectivity index (χ0n) is 30.5. The van der Waals surface area contributed by atoms with Crippen molar-refractivity contribution in [1.29, 1.82) is 0 Å². The van der Waals surface area contributed by atoms with Gasteiger partial charge in [-0.1, -0.05) is 41.1 Å². The van der Waals surface area contributed by atoms with Gasteiger partial charge in [0.1, 0.15) is 11.2 Å². The van der Waals surface area contributed by atoms with Gasteiger partial charge in [-0.3, -0.25) is 4.79 Å². The van der Waals surface area contributed by atoms with Gasteiger partial charge >= 0.3 is 19.3 Å². The summed E-state index contributed by atoms with van der Waals surface area (Å²) >= 11 is 3.72. The Morgan fingerprint density at radius 3 is 2.22 bits per heavy atom. The first kappa shape index (κ1) is 38.5. The minimum Gasteiger partial charge on any atom is -0.444 e. The highest BCUT2D eigenvalue weighted by atomic mass is 79.9. The van der Waals surface area contributed by atoms with Crippen molar-refractivity contribution in [2.24, 2.45) is 0 Å². The molecule has 2 atom stereocenters. The van der Waals surface area contributed by atoms with Crippen molar-refractivity contribution in [3.63, 3.8) is 0 Å². The molecule has 49 heavy (non-hydrogen) atoms. The van der Waals surface area contributed by atoms with E-state index in [0.717, 1.165) is 21.1 Å². The van der Waals surface area contributed by atoms with E-state index in [1.54, 1.807) is 11.0 Å². The predicted molar refractivity (Wildman–Crippen MR) is 196 cm³/mol. The van der Waals surface area contributed by atoms with Crippen molar-refractivity contribution in [3.05, 3.63) is 75.2 Å². The maximum atomic E-state index is 13.4. The van der Waals surface area contributed by atoms with Crippen molar-refractivity contribution in [1.82, 2.24) is 10.2 Å². The highest BCUT2D eigenvalue weighted by Crippen LogP contribution is 2.49. The van der Waals surface area contributed by atoms with E-state index in [0.29, 0.717) is 43.7 Å². The number of carbonyl (C=O) groups is 3. The third-order valence-electron chi connectivity index (χ3n) is 8.99. The lowest BCUT2D eigenvalue weighted by Gasteiger charge is -2.42. The maximum absolute atomic E-state index is 13.4. The van der Waals surface area contributed by atoms with E-state index in [-0.39, 0.29) is 17.9 Å². The van der Waals surface area contributed by atoms with Crippen LogP contribution in [0, 0.1) is 0 Å². The Hall–Kier alpha value is -3.35. The molecule has 1 saturated heterocycles. The van der Waals surface area contributed by atoms with Gasteiger partial charge in [0.15, 0.2) is 0 Å². The lowest BCUT2D eigenvalue weighted by molar-refractivity contribution is -0.0266. The summed E-state index contributed by atoms with van der Waals surface area (Å²) in [6, 6.07) is 13.1. The molecule has 0 aromatic heterocycles. The molecule has 10 nitrogen and oxygen atoms in total. The molecular weight excluding hydrogens is 689 g/mol. The van der Waals surface area contributed by atoms with Gasteiger partial charge in [0.2, 0.25) is 0 Å². The van der Waals surface area contributed by atoms with Crippen LogP contribution in [0.1, 0.15) is 103 Å². The lowest BCUT2D eigenvalue weighted by atomic mass is 9.73. The third-order valence-corrected chi connectivity index (χ3v) is 9.71. The average molecular weight is 741 g/mol. The molecule has 3 amide bonds. The zero-order chi connectivity index (χ0) is 36.4. The Morgan fingerprint density at radius 1 is 0.980 bits per heavy atom. The Labute approximate surface area is 299 Å². The molecule has 0 spiro atoms. The second kappa shape index (κ2) is 14.9. The van der Waals surface area contributed by atoms with E-state index in [1.165, 1.54) is 0 Å². The Bertz CT molecular complexity index is 1570. The number of alkyl carbamates (subject to hydrolysis) is 1. The van der Waals surface area contributed by atoms with Gasteiger partial charge in [0.05, 0.1) is 11.2 Å². The number of halogens is 1. The van der Waals surface area contributed by atoms with Crippen molar-refractivity contribution in [3.8, 4) is 0 Å². The third kappa shape index (κ3) is 9.89. The second-order valence-electron chi connectivity index (χ2n) is 15.4. The van der Waals surface area contributed by atoms with Crippen LogP contribution in [0.5, 0.6) is 0 Å². The van der Waals surface area contributed by atoms with Crippen LogP contribution in [-0.4, -0.2) is 72.2 Å². The molecule has 2 N–H and O–H groups in total. The Kier molecular flexibility index (Phi) is 11.7. The average Bonchev–Trinajstić information content (AvgIpc) is 3.25. The number of benzene rings is 2. The SMILES string of the molecule is CC(c1cc(C(=O)Nc2ccc(CCNC(=O)OC(C)(C)C)cc2)ccc1Br)C1(C)OB(C2=CCN(C(=O)OC(C)(C)C)CC2)OC1(C)C. The zero-order valence-corrected chi connectivity index (χ0v) is 32.1. The minimum absolute atomic E-state index is 0.161. The first-order valence-corrected chi connectivity index (χ1v) is 17.7. The van der Waals surface area contributed by atoms with Gasteiger partial charge in [-0.15, -0.1) is 0 Å². The molecule has 4 rings (SSSR count). The van der Waals surface area contributed by atoms with Gasteiger partial charge in [0, 0.05) is 41.3 Å². The van der Waals surface area contributed by atoms with Crippen LogP contribution in [0.4, 0.5) is 15.3 Å². The smallest absolute Gasteiger partial charge is 0.444 e. The van der Waals surface area contributed by atoms with E-state index in [4.69, 9.17) is 18.8 Å². The number of nitrogens with zero attached hydrogens (tertiary/aromatic N) is 1. The summed E-state index contributed by atoms with van der Waals surface area (Å²) in [4.78, 5) is 39.5. The van der Waals surface area contributed by atoms with Crippen molar-refractivity contribution >= 4 is 46.8 Å². The molecule has 12 heteroatoms. The van der Waals surface area contributed by atoms with E-state index < -0.39 is 35.6 Å². The lowest BCUT2D eigenvalue weighted by Crippen LogP contribution is -2.48. The summed E-state index contributed by atoms with van der Waals surface area (Å²) < 4.78 is 25.0. The second-order valence-corrected chi connectivity index (χ2v) is 16.3. The molecule has 0 radical (unpaired) electrons. The first-order valence-electron chi connectivity index (χ1n) is 16.9. The van der Waals surface area contributed by atoms with E-state index >= 15 is 0 Å². The van der Waals surface area contributed by atoms with E-state index in [1.807, 2.05) is 97.9 Å². The highest BCUT2D eigenvalue weighted by Gasteiger charge is 2.58. The molecule has 2 aromatic rings. The van der Waals surface area contributed by atoms with Gasteiger partial charge in [-0.05, 0) is 122 Å². The molecule has 2 aliphatic heterocycles. The monoisotopic (exact) mass is 739 g/mol. The molecular formula is C37H51BBrN3O7. The summed E-state index contributed by atoms with van der Waals surface area (Å²) in [7, 11) is -0.551. The number of nitrogens with one attached hydrogen (secondary N) is 2. The van der Waals surface area contributed by atoms with Crippen molar-refractivity contribution in [2.45, 2.75) is 110 Å². The first-order chi connectivity index (χ1) is 22.7. The summed E-state index contributed by atoms with van der Waals surface area (Å²) in [5.74, 6) is -0.390. The summed E-state index contributed by atoms with van der Waals surface area (Å²) in [6.07, 6.45) is 2.47. The van der Waals surface area contributed by atoms with Crippen LogP contribution in [0.15, 0.2) is 58.5 Å². The number of rotatable bonds is 8. The summed E-state index contributed by atoms with van der Waals surface area (Å²) in [6.45, 7) is 20.6. The number of carbonyl (C=O) groups excluding carboxylic acids is 3. The van der Waals surface area contributed by atoms with Crippen molar-refractivity contribution in [2.75, 3.05) is 25.0 Å². The van der Waals surface area contributed by atoms with Crippen LogP contribution in [0.3, 0.4) is 0 Å². The predicted octanol–water partition coefficient (Wildman–Crippen LogP) is 8.05.